The summed E-state index contributed by atoms with van der Waals surface area (Å²) in [5, 5.41) is 24.8. The fourth-order valence-electron chi connectivity index (χ4n) is 2.12. The van der Waals surface area contributed by atoms with E-state index in [1.54, 1.807) is 0 Å². The standard InChI is InChI=1S/C11H7N5O6S.CH4/c17-15(18)7-5-12-11-10(16(19)20)9(7)14-23(21,22)8-4-2-1-3-6(8)13-11;/h1-5,14H,(H,12,13);1H4. The number of nitrogens with one attached hydrogen (secondary N) is 2. The van der Waals surface area contributed by atoms with Crippen LogP contribution in [-0.2, 0) is 10.0 Å². The van der Waals surface area contributed by atoms with E-state index in [1.165, 1.54) is 24.3 Å². The van der Waals surface area contributed by atoms with E-state index in [4.69, 9.17) is 0 Å². The molecule has 1 aliphatic heterocycles. The van der Waals surface area contributed by atoms with Crippen molar-refractivity contribution in [3.8, 4) is 0 Å². The average Bonchev–Trinajstić information content (AvgIpc) is 2.45. The van der Waals surface area contributed by atoms with Crippen LogP contribution in [0.2, 0.25) is 0 Å². The van der Waals surface area contributed by atoms with Crippen LogP contribution in [0.15, 0.2) is 35.4 Å². The molecule has 12 heteroatoms. The van der Waals surface area contributed by atoms with E-state index in [2.05, 4.69) is 10.3 Å². The summed E-state index contributed by atoms with van der Waals surface area (Å²) in [5.41, 5.74) is -2.32. The molecule has 1 aliphatic rings. The summed E-state index contributed by atoms with van der Waals surface area (Å²) < 4.78 is 26.7. The Morgan fingerprint density at radius 1 is 1.08 bits per heavy atom. The number of anilines is 3. The maximum absolute atomic E-state index is 12.4. The van der Waals surface area contributed by atoms with Crippen molar-refractivity contribution in [2.45, 2.75) is 12.3 Å². The molecule has 0 unspecified atom stereocenters. The molecule has 0 saturated heterocycles. The fourth-order valence-corrected chi connectivity index (χ4v) is 3.37. The Balaban J connectivity index is 0.00000208. The minimum Gasteiger partial charge on any atom is -0.333 e. The van der Waals surface area contributed by atoms with Gasteiger partial charge in [0.25, 0.3) is 10.0 Å². The molecule has 1 aromatic carbocycles. The summed E-state index contributed by atoms with van der Waals surface area (Å²) in [6.45, 7) is 0. The van der Waals surface area contributed by atoms with Crippen LogP contribution in [0.1, 0.15) is 7.43 Å². The van der Waals surface area contributed by atoms with Gasteiger partial charge in [0.15, 0.2) is 0 Å². The van der Waals surface area contributed by atoms with Crippen molar-refractivity contribution in [3.05, 3.63) is 50.7 Å². The van der Waals surface area contributed by atoms with Gasteiger partial charge in [0, 0.05) is 0 Å². The highest BCUT2D eigenvalue weighted by Gasteiger charge is 2.36. The number of para-hydroxylation sites is 1. The van der Waals surface area contributed by atoms with E-state index in [9.17, 15) is 28.6 Å². The largest absolute Gasteiger partial charge is 0.342 e. The van der Waals surface area contributed by atoms with Gasteiger partial charge in [-0.2, -0.15) is 0 Å². The van der Waals surface area contributed by atoms with Crippen molar-refractivity contribution in [2.24, 2.45) is 0 Å². The van der Waals surface area contributed by atoms with Crippen LogP contribution in [0.5, 0.6) is 0 Å². The molecule has 0 aliphatic carbocycles. The molecular weight excluding hydrogens is 342 g/mol. The molecule has 126 valence electrons. The van der Waals surface area contributed by atoms with Gasteiger partial charge in [-0.3, -0.25) is 25.0 Å². The number of hydrogen-bond acceptors (Lipinski definition) is 8. The third kappa shape index (κ3) is 2.58. The number of fused-ring (bicyclic) bond motifs is 3. The van der Waals surface area contributed by atoms with Gasteiger partial charge < -0.3 is 5.32 Å². The molecule has 0 saturated carbocycles. The number of rotatable bonds is 2. The monoisotopic (exact) mass is 353 g/mol. The number of pyridine rings is 1. The average molecular weight is 353 g/mol. The molecule has 11 nitrogen and oxygen atoms in total. The van der Waals surface area contributed by atoms with E-state index >= 15 is 0 Å². The molecule has 1 aromatic heterocycles. The van der Waals surface area contributed by atoms with E-state index < -0.39 is 36.9 Å². The lowest BCUT2D eigenvalue weighted by Gasteiger charge is -2.17. The number of nitro groups is 2. The Morgan fingerprint density at radius 2 is 1.75 bits per heavy atom. The summed E-state index contributed by atoms with van der Waals surface area (Å²) in [6, 6.07) is 5.63. The van der Waals surface area contributed by atoms with Crippen molar-refractivity contribution >= 4 is 38.6 Å². The maximum atomic E-state index is 12.4. The van der Waals surface area contributed by atoms with Crippen LogP contribution in [0.25, 0.3) is 0 Å². The molecule has 2 aromatic rings. The predicted molar refractivity (Wildman–Crippen MR) is 84.8 cm³/mol. The van der Waals surface area contributed by atoms with Gasteiger partial charge in [0.2, 0.25) is 11.5 Å². The van der Waals surface area contributed by atoms with E-state index in [0.717, 1.165) is 6.20 Å². The lowest BCUT2D eigenvalue weighted by molar-refractivity contribution is -0.392. The quantitative estimate of drug-likeness (QED) is 0.615. The zero-order chi connectivity index (χ0) is 16.8. The zero-order valence-electron chi connectivity index (χ0n) is 11.1. The smallest absolute Gasteiger partial charge is 0.333 e. The van der Waals surface area contributed by atoms with E-state index in [0.29, 0.717) is 0 Å². The Labute approximate surface area is 135 Å². The summed E-state index contributed by atoms with van der Waals surface area (Å²) in [6.07, 6.45) is 0.751. The first-order chi connectivity index (χ1) is 10.8. The molecule has 0 spiro atoms. The Bertz CT molecular complexity index is 958. The first-order valence-electron chi connectivity index (χ1n) is 6.02. The highest BCUT2D eigenvalue weighted by molar-refractivity contribution is 7.93. The van der Waals surface area contributed by atoms with Crippen LogP contribution in [0.4, 0.5) is 28.6 Å². The molecular formula is C12H11N5O6S. The second-order valence-electron chi connectivity index (χ2n) is 4.46. The van der Waals surface area contributed by atoms with Crippen molar-refractivity contribution in [1.29, 1.82) is 0 Å². The molecule has 2 bridgehead atoms. The molecule has 0 radical (unpaired) electrons. The van der Waals surface area contributed by atoms with E-state index in [-0.39, 0.29) is 23.8 Å². The van der Waals surface area contributed by atoms with Gasteiger partial charge in [0.1, 0.15) is 11.1 Å². The molecule has 2 N–H and O–H groups in total. The summed E-state index contributed by atoms with van der Waals surface area (Å²) >= 11 is 0. The second-order valence-corrected chi connectivity index (χ2v) is 6.11. The first-order valence-corrected chi connectivity index (χ1v) is 7.50. The molecule has 24 heavy (non-hydrogen) atoms. The predicted octanol–water partition coefficient (Wildman–Crippen LogP) is 2.39. The normalized spacial score (nSPS) is 13.8. The van der Waals surface area contributed by atoms with Gasteiger partial charge in [-0.05, 0) is 12.1 Å². The maximum Gasteiger partial charge on any atom is 0.342 e. The Kier molecular flexibility index (Phi) is 4.08. The topological polar surface area (TPSA) is 157 Å². The molecule has 2 heterocycles. The van der Waals surface area contributed by atoms with Crippen molar-refractivity contribution in [1.82, 2.24) is 4.98 Å². The van der Waals surface area contributed by atoms with Gasteiger partial charge in [-0.25, -0.2) is 13.4 Å². The minimum absolute atomic E-state index is 0. The highest BCUT2D eigenvalue weighted by atomic mass is 32.2. The number of hydrogen-bond donors (Lipinski definition) is 2. The van der Waals surface area contributed by atoms with Crippen LogP contribution in [-0.4, -0.2) is 23.2 Å². The van der Waals surface area contributed by atoms with Crippen molar-refractivity contribution in [3.63, 3.8) is 0 Å². The molecule has 3 rings (SSSR count). The van der Waals surface area contributed by atoms with Gasteiger partial charge >= 0.3 is 11.4 Å². The summed E-state index contributed by atoms with van der Waals surface area (Å²) in [4.78, 5) is 23.9. The van der Waals surface area contributed by atoms with Crippen LogP contribution >= 0.6 is 0 Å². The second kappa shape index (κ2) is 5.73. The Hall–Kier alpha value is -3.28. The minimum atomic E-state index is -4.26. The SMILES string of the molecule is C.O=[N+]([O-])c1cnc2c([N+](=O)[O-])c1NS(=O)(=O)c1ccccc1N2. The third-order valence-corrected chi connectivity index (χ3v) is 4.49. The zero-order valence-corrected chi connectivity index (χ0v) is 11.9. The van der Waals surface area contributed by atoms with Crippen LogP contribution < -0.4 is 10.0 Å². The highest BCUT2D eigenvalue weighted by Crippen LogP contribution is 2.43. The fraction of sp³-hybridized carbons (Fsp3) is 0.0833. The van der Waals surface area contributed by atoms with Gasteiger partial charge in [-0.15, -0.1) is 0 Å². The van der Waals surface area contributed by atoms with Crippen LogP contribution in [0, 0.1) is 20.2 Å². The number of benzene rings is 1. The number of sulfonamides is 1. The van der Waals surface area contributed by atoms with Gasteiger partial charge in [-0.1, -0.05) is 19.6 Å². The molecule has 0 fully saturated rings. The van der Waals surface area contributed by atoms with Crippen LogP contribution in [0.3, 0.4) is 0 Å². The molecule has 0 atom stereocenters. The molecule has 0 amide bonds. The van der Waals surface area contributed by atoms with E-state index in [1.807, 2.05) is 4.72 Å². The van der Waals surface area contributed by atoms with Crippen molar-refractivity contribution in [2.75, 3.05) is 10.0 Å². The van der Waals surface area contributed by atoms with Crippen molar-refractivity contribution < 1.29 is 18.3 Å². The first kappa shape index (κ1) is 17.1. The lowest BCUT2D eigenvalue weighted by atomic mass is 10.2. The third-order valence-electron chi connectivity index (χ3n) is 3.08. The van der Waals surface area contributed by atoms with Gasteiger partial charge in [0.05, 0.1) is 15.5 Å². The lowest BCUT2D eigenvalue weighted by Crippen LogP contribution is -2.20. The number of nitrogens with zero attached hydrogens (tertiary/aromatic N) is 3. The number of aromatic nitrogens is 1. The Morgan fingerprint density at radius 3 is 2.38 bits per heavy atom. The summed E-state index contributed by atoms with van der Waals surface area (Å²) in [7, 11) is -4.26. The summed E-state index contributed by atoms with van der Waals surface area (Å²) in [5.74, 6) is -0.301.